The monoisotopic (exact) mass is 564 g/mol. The van der Waals surface area contributed by atoms with E-state index < -0.39 is 66.6 Å². The normalized spacial score (nSPS) is 10.5. The Morgan fingerprint density at radius 3 is 0.853 bits per heavy atom. The van der Waals surface area contributed by atoms with E-state index in [9.17, 15) is 28.8 Å². The first-order valence-electron chi connectivity index (χ1n) is 8.73. The maximum Gasteiger partial charge on any atom is 0.336 e. The van der Waals surface area contributed by atoms with Crippen LogP contribution in [0.5, 0.6) is 0 Å². The molecule has 190 valence electrons. The molecule has 0 saturated carbocycles. The third kappa shape index (κ3) is 10.4. The molecule has 1 rings (SSSR count). The summed E-state index contributed by atoms with van der Waals surface area (Å²) in [7, 11) is 0. The summed E-state index contributed by atoms with van der Waals surface area (Å²) >= 11 is 21.4. The van der Waals surface area contributed by atoms with Crippen molar-refractivity contribution < 1.29 is 49.2 Å². The molecule has 1 aromatic rings. The lowest BCUT2D eigenvalue weighted by atomic mass is 9.98. The highest BCUT2D eigenvalue weighted by molar-refractivity contribution is 6.58. The Bertz CT molecular complexity index is 855. The maximum atomic E-state index is 10.8. The molecule has 1 aromatic carbocycles. The van der Waals surface area contributed by atoms with Crippen molar-refractivity contribution in [1.29, 1.82) is 0 Å². The van der Waals surface area contributed by atoms with Crippen molar-refractivity contribution in [2.24, 2.45) is 11.5 Å². The SMILES string of the molecule is CCC(Cl)(Cl)C(N)=O.CCC(Cl)(Cl)C(N)=O.O=C(O)c1cc(C(=O)O)c(C(=O)O)cc1C(=O)O. The first-order valence-corrected chi connectivity index (χ1v) is 10.2. The molecule has 0 spiro atoms. The van der Waals surface area contributed by atoms with E-state index in [0.29, 0.717) is 25.0 Å². The van der Waals surface area contributed by atoms with Crippen LogP contribution < -0.4 is 11.5 Å². The van der Waals surface area contributed by atoms with E-state index in [4.69, 9.17) is 78.3 Å². The fourth-order valence-electron chi connectivity index (χ4n) is 1.66. The molecule has 0 aliphatic heterocycles. The van der Waals surface area contributed by atoms with Crippen LogP contribution in [0, 0.1) is 0 Å². The molecule has 0 unspecified atom stereocenters. The first-order chi connectivity index (χ1) is 15.3. The summed E-state index contributed by atoms with van der Waals surface area (Å²) in [5, 5.41) is 35.0. The zero-order valence-corrected chi connectivity index (χ0v) is 20.5. The summed E-state index contributed by atoms with van der Waals surface area (Å²) < 4.78 is -2.75. The molecule has 0 heterocycles. The van der Waals surface area contributed by atoms with Crippen molar-refractivity contribution in [3.8, 4) is 0 Å². The third-order valence-corrected chi connectivity index (χ3v) is 5.50. The summed E-state index contributed by atoms with van der Waals surface area (Å²) in [6.07, 6.45) is 0.677. The second-order valence-electron chi connectivity index (χ2n) is 6.01. The largest absolute Gasteiger partial charge is 0.478 e. The molecule has 16 heteroatoms. The predicted molar refractivity (Wildman–Crippen MR) is 122 cm³/mol. The van der Waals surface area contributed by atoms with Crippen molar-refractivity contribution in [3.63, 3.8) is 0 Å². The van der Waals surface area contributed by atoms with Gasteiger partial charge in [-0.05, 0) is 25.0 Å². The number of hydrogen-bond acceptors (Lipinski definition) is 6. The Labute approximate surface area is 212 Å². The van der Waals surface area contributed by atoms with Gasteiger partial charge in [-0.15, -0.1) is 0 Å². The molecule has 12 nitrogen and oxygen atoms in total. The Balaban J connectivity index is 0. The second kappa shape index (κ2) is 13.8. The van der Waals surface area contributed by atoms with Gasteiger partial charge in [0.05, 0.1) is 22.3 Å². The number of primary amides is 2. The topological polar surface area (TPSA) is 235 Å². The highest BCUT2D eigenvalue weighted by Gasteiger charge is 2.29. The molecule has 34 heavy (non-hydrogen) atoms. The van der Waals surface area contributed by atoms with E-state index in [1.807, 2.05) is 0 Å². The number of aromatic carboxylic acids is 4. The second-order valence-corrected chi connectivity index (χ2v) is 8.98. The molecule has 0 radical (unpaired) electrons. The number of alkyl halides is 4. The molecule has 0 aliphatic carbocycles. The summed E-state index contributed by atoms with van der Waals surface area (Å²) in [5.41, 5.74) is 6.41. The highest BCUT2D eigenvalue weighted by Crippen LogP contribution is 2.24. The van der Waals surface area contributed by atoms with Crippen LogP contribution in [0.4, 0.5) is 0 Å². The number of carbonyl (C=O) groups excluding carboxylic acids is 2. The number of rotatable bonds is 8. The summed E-state index contributed by atoms with van der Waals surface area (Å²) in [4.78, 5) is 63.5. The van der Waals surface area contributed by atoms with Gasteiger partial charge in [0, 0.05) is 0 Å². The lowest BCUT2D eigenvalue weighted by molar-refractivity contribution is -0.119. The Kier molecular flexibility index (Phi) is 13.5. The van der Waals surface area contributed by atoms with Crippen LogP contribution in [0.25, 0.3) is 0 Å². The first kappa shape index (κ1) is 33.4. The quantitative estimate of drug-likeness (QED) is 0.252. The molecule has 2 amide bonds. The Hall–Kier alpha value is -2.80. The number of carboxylic acids is 4. The van der Waals surface area contributed by atoms with Gasteiger partial charge in [-0.25, -0.2) is 19.2 Å². The van der Waals surface area contributed by atoms with Crippen LogP contribution in [0.3, 0.4) is 0 Å². The van der Waals surface area contributed by atoms with Crippen molar-refractivity contribution in [2.75, 3.05) is 0 Å². The molecule has 0 aromatic heterocycles. The minimum Gasteiger partial charge on any atom is -0.478 e. The van der Waals surface area contributed by atoms with Gasteiger partial charge < -0.3 is 31.9 Å². The van der Waals surface area contributed by atoms with Crippen LogP contribution >= 0.6 is 46.4 Å². The van der Waals surface area contributed by atoms with Gasteiger partial charge in [-0.1, -0.05) is 60.3 Å². The van der Waals surface area contributed by atoms with Crippen LogP contribution in [0.2, 0.25) is 0 Å². The smallest absolute Gasteiger partial charge is 0.336 e. The van der Waals surface area contributed by atoms with E-state index in [0.717, 1.165) is 0 Å². The number of carbonyl (C=O) groups is 6. The minimum absolute atomic E-state index is 0.339. The Morgan fingerprint density at radius 2 is 0.794 bits per heavy atom. The van der Waals surface area contributed by atoms with Gasteiger partial charge in [0.15, 0.2) is 8.67 Å². The fraction of sp³-hybridized carbons (Fsp3) is 0.333. The zero-order chi connectivity index (χ0) is 27.6. The molecular weight excluding hydrogens is 546 g/mol. The zero-order valence-electron chi connectivity index (χ0n) is 17.5. The van der Waals surface area contributed by atoms with Crippen LogP contribution in [-0.4, -0.2) is 64.8 Å². The van der Waals surface area contributed by atoms with Crippen LogP contribution in [0.1, 0.15) is 68.1 Å². The lowest BCUT2D eigenvalue weighted by Gasteiger charge is -2.10. The number of halogens is 4. The van der Waals surface area contributed by atoms with E-state index in [-0.39, 0.29) is 0 Å². The van der Waals surface area contributed by atoms with Crippen molar-refractivity contribution in [2.45, 2.75) is 35.4 Å². The van der Waals surface area contributed by atoms with Gasteiger partial charge in [0.2, 0.25) is 0 Å². The molecular formula is C18H20Cl4N2O10. The van der Waals surface area contributed by atoms with Crippen LogP contribution in [0.15, 0.2) is 12.1 Å². The van der Waals surface area contributed by atoms with Crippen LogP contribution in [-0.2, 0) is 9.59 Å². The third-order valence-electron chi connectivity index (χ3n) is 3.69. The molecule has 0 fully saturated rings. The number of carboxylic acid groups (broad SMARTS) is 4. The van der Waals surface area contributed by atoms with Crippen molar-refractivity contribution >= 4 is 82.1 Å². The van der Waals surface area contributed by atoms with Gasteiger partial charge >= 0.3 is 23.9 Å². The van der Waals surface area contributed by atoms with Gasteiger partial charge in [0.25, 0.3) is 11.8 Å². The summed E-state index contributed by atoms with van der Waals surface area (Å²) in [5.74, 6) is -8.02. The molecule has 0 bridgehead atoms. The fourth-order valence-corrected chi connectivity index (χ4v) is 1.66. The van der Waals surface area contributed by atoms with E-state index >= 15 is 0 Å². The predicted octanol–water partition coefficient (Wildman–Crippen LogP) is 2.59. The summed E-state index contributed by atoms with van der Waals surface area (Å²) in [6.45, 7) is 3.37. The van der Waals surface area contributed by atoms with Gasteiger partial charge in [-0.3, -0.25) is 9.59 Å². The minimum atomic E-state index is -1.66. The molecule has 0 saturated heterocycles. The summed E-state index contributed by atoms with van der Waals surface area (Å²) in [6, 6.07) is 1.02. The molecule has 8 N–H and O–H groups in total. The van der Waals surface area contributed by atoms with E-state index in [1.165, 1.54) is 0 Å². The Morgan fingerprint density at radius 1 is 0.618 bits per heavy atom. The van der Waals surface area contributed by atoms with E-state index in [1.54, 1.807) is 13.8 Å². The molecule has 0 atom stereocenters. The lowest BCUT2D eigenvalue weighted by Crippen LogP contribution is -2.32. The van der Waals surface area contributed by atoms with E-state index in [2.05, 4.69) is 0 Å². The standard InChI is InChI=1S/C10H6O8.2C4H7Cl2NO/c11-7(12)3-1-4(8(13)14)6(10(17)18)2-5(3)9(15)16;2*1-2-4(5,6)3(7)8/h1-2H,(H,11,12)(H,13,14)(H,15,16)(H,17,18);2*2H2,1H3,(H2,7,8). The number of nitrogens with two attached hydrogens (primary N) is 2. The van der Waals surface area contributed by atoms with Crippen molar-refractivity contribution in [1.82, 2.24) is 0 Å². The van der Waals surface area contributed by atoms with Gasteiger partial charge in [-0.2, -0.15) is 0 Å². The highest BCUT2D eigenvalue weighted by atomic mass is 35.5. The van der Waals surface area contributed by atoms with Gasteiger partial charge in [0.1, 0.15) is 0 Å². The molecule has 0 aliphatic rings. The number of benzene rings is 1. The maximum absolute atomic E-state index is 10.8. The number of hydrogen-bond donors (Lipinski definition) is 6. The average molecular weight is 566 g/mol. The van der Waals surface area contributed by atoms with Crippen molar-refractivity contribution in [3.05, 3.63) is 34.4 Å². The average Bonchev–Trinajstić information content (AvgIpc) is 2.72. The number of amides is 2.